The second kappa shape index (κ2) is 6.99. The smallest absolute Gasteiger partial charge is 0.256 e. The molecule has 0 aliphatic carbocycles. The van der Waals surface area contributed by atoms with Crippen molar-refractivity contribution in [3.63, 3.8) is 0 Å². The molecule has 2 N–H and O–H groups in total. The molecule has 0 bridgehead atoms. The van der Waals surface area contributed by atoms with Crippen molar-refractivity contribution in [3.8, 4) is 0 Å². The fourth-order valence-corrected chi connectivity index (χ4v) is 4.06. The average molecular weight is 385 g/mol. The molecule has 3 heterocycles. The Bertz CT molecular complexity index is 1050. The first-order valence-corrected chi connectivity index (χ1v) is 10.3. The van der Waals surface area contributed by atoms with Gasteiger partial charge in [-0.3, -0.25) is 4.79 Å². The highest BCUT2D eigenvalue weighted by molar-refractivity contribution is 7.90. The third kappa shape index (κ3) is 3.77. The Hall–Kier alpha value is -2.94. The van der Waals surface area contributed by atoms with Gasteiger partial charge < -0.3 is 15.2 Å². The number of allylic oxidation sites excluding steroid dienone is 2. The lowest BCUT2D eigenvalue weighted by atomic mass is 10.1. The van der Waals surface area contributed by atoms with E-state index in [0.717, 1.165) is 16.9 Å². The number of imidazole rings is 1. The van der Waals surface area contributed by atoms with Crippen LogP contribution in [-0.4, -0.2) is 53.9 Å². The maximum atomic E-state index is 12.5. The topological polar surface area (TPSA) is 108 Å². The summed E-state index contributed by atoms with van der Waals surface area (Å²) in [6, 6.07) is 7.82. The average Bonchev–Trinajstić information content (AvgIpc) is 3.06. The van der Waals surface area contributed by atoms with E-state index in [2.05, 4.69) is 19.7 Å². The van der Waals surface area contributed by atoms with Crippen molar-refractivity contribution in [3.05, 3.63) is 54.0 Å². The van der Waals surface area contributed by atoms with Crippen molar-refractivity contribution in [2.75, 3.05) is 18.8 Å². The van der Waals surface area contributed by atoms with Gasteiger partial charge in [0.2, 0.25) is 0 Å². The molecule has 2 aliphatic rings. The van der Waals surface area contributed by atoms with Gasteiger partial charge in [-0.05, 0) is 30.7 Å². The minimum Gasteiger partial charge on any atom is -0.352 e. The van der Waals surface area contributed by atoms with Gasteiger partial charge in [-0.25, -0.2) is 13.4 Å². The lowest BCUT2D eigenvalue weighted by molar-refractivity contribution is -0.117. The number of amidine groups is 1. The summed E-state index contributed by atoms with van der Waals surface area (Å²) in [6.45, 7) is 0.755. The molecule has 8 nitrogen and oxygen atoms in total. The van der Waals surface area contributed by atoms with Gasteiger partial charge >= 0.3 is 0 Å². The quantitative estimate of drug-likeness (QED) is 0.750. The summed E-state index contributed by atoms with van der Waals surface area (Å²) in [5.74, 6) is 0.690. The molecule has 0 fully saturated rings. The number of nitrogens with zero attached hydrogens (tertiary/aromatic N) is 3. The van der Waals surface area contributed by atoms with Gasteiger partial charge in [0, 0.05) is 25.7 Å². The number of H-pyrrole nitrogens is 1. The normalized spacial score (nSPS) is 18.0. The molecule has 0 radical (unpaired) electrons. The molecule has 0 atom stereocenters. The zero-order chi connectivity index (χ0) is 18.9. The predicted molar refractivity (Wildman–Crippen MR) is 103 cm³/mol. The molecule has 0 saturated carbocycles. The number of aromatic amines is 1. The minimum atomic E-state index is -3.51. The predicted octanol–water partition coefficient (Wildman–Crippen LogP) is 1.11. The molecule has 140 valence electrons. The van der Waals surface area contributed by atoms with Gasteiger partial charge in [0.1, 0.15) is 5.82 Å². The van der Waals surface area contributed by atoms with E-state index in [-0.39, 0.29) is 23.1 Å². The van der Waals surface area contributed by atoms with Crippen LogP contribution < -0.4 is 5.32 Å². The first kappa shape index (κ1) is 17.5. The Kier molecular flexibility index (Phi) is 4.53. The molecule has 2 aliphatic heterocycles. The van der Waals surface area contributed by atoms with Gasteiger partial charge in [-0.2, -0.15) is 0 Å². The molecule has 9 heteroatoms. The van der Waals surface area contributed by atoms with Crippen LogP contribution >= 0.6 is 0 Å². The third-order valence-electron chi connectivity index (χ3n) is 4.42. The Labute approximate surface area is 156 Å². The van der Waals surface area contributed by atoms with Crippen LogP contribution in [-0.2, 0) is 21.2 Å². The summed E-state index contributed by atoms with van der Waals surface area (Å²) in [5.41, 5.74) is 2.18. The summed E-state index contributed by atoms with van der Waals surface area (Å²) in [5, 5.41) is 2.83. The van der Waals surface area contributed by atoms with Crippen LogP contribution in [0.2, 0.25) is 0 Å². The molecule has 4 rings (SSSR count). The first-order chi connectivity index (χ1) is 13.0. The Morgan fingerprint density at radius 1 is 1.30 bits per heavy atom. The number of aryl methyl sites for hydroxylation is 1. The number of sulfonamides is 1. The SMILES string of the molecule is O=C(NCCCc1nc2ccccc2[nH]1)C1=CC=CN2CCS(=O)(=O)N=C12. The van der Waals surface area contributed by atoms with E-state index in [1.54, 1.807) is 23.3 Å². The number of nitrogens with one attached hydrogen (secondary N) is 2. The molecule has 1 aromatic heterocycles. The van der Waals surface area contributed by atoms with Gasteiger partial charge in [-0.15, -0.1) is 4.40 Å². The van der Waals surface area contributed by atoms with Crippen molar-refractivity contribution in [1.82, 2.24) is 20.2 Å². The molecule has 0 spiro atoms. The van der Waals surface area contributed by atoms with Crippen molar-refractivity contribution in [1.29, 1.82) is 0 Å². The van der Waals surface area contributed by atoms with Crippen LogP contribution in [0.4, 0.5) is 0 Å². The number of carbonyl (C=O) groups excluding carboxylic acids is 1. The fraction of sp³-hybridized carbons (Fsp3) is 0.278. The van der Waals surface area contributed by atoms with E-state index in [1.807, 2.05) is 24.3 Å². The number of hydrogen-bond donors (Lipinski definition) is 2. The van der Waals surface area contributed by atoms with Crippen LogP contribution in [0.25, 0.3) is 11.0 Å². The van der Waals surface area contributed by atoms with Crippen LogP contribution in [0, 0.1) is 0 Å². The molecule has 0 saturated heterocycles. The van der Waals surface area contributed by atoms with Gasteiger partial charge in [-0.1, -0.05) is 12.1 Å². The fourth-order valence-electron chi connectivity index (χ4n) is 3.07. The number of carbonyl (C=O) groups is 1. The van der Waals surface area contributed by atoms with Gasteiger partial charge in [0.15, 0.2) is 5.84 Å². The lowest BCUT2D eigenvalue weighted by Gasteiger charge is -2.28. The highest BCUT2D eigenvalue weighted by atomic mass is 32.2. The van der Waals surface area contributed by atoms with E-state index in [9.17, 15) is 13.2 Å². The number of benzene rings is 1. The van der Waals surface area contributed by atoms with E-state index in [4.69, 9.17) is 0 Å². The third-order valence-corrected chi connectivity index (χ3v) is 5.57. The monoisotopic (exact) mass is 385 g/mol. The number of aromatic nitrogens is 2. The van der Waals surface area contributed by atoms with Crippen molar-refractivity contribution < 1.29 is 13.2 Å². The second-order valence-corrected chi connectivity index (χ2v) is 8.13. The number of para-hydroxylation sites is 2. The van der Waals surface area contributed by atoms with Crippen LogP contribution in [0.1, 0.15) is 12.2 Å². The minimum absolute atomic E-state index is 0.0484. The van der Waals surface area contributed by atoms with E-state index in [1.165, 1.54) is 0 Å². The van der Waals surface area contributed by atoms with Crippen molar-refractivity contribution in [2.24, 2.45) is 4.40 Å². The van der Waals surface area contributed by atoms with E-state index in [0.29, 0.717) is 25.9 Å². The van der Waals surface area contributed by atoms with Crippen molar-refractivity contribution in [2.45, 2.75) is 12.8 Å². The molecular formula is C18H19N5O3S. The first-order valence-electron chi connectivity index (χ1n) is 8.72. The van der Waals surface area contributed by atoms with E-state index < -0.39 is 10.0 Å². The van der Waals surface area contributed by atoms with Gasteiger partial charge in [0.25, 0.3) is 15.9 Å². The standard InChI is InChI=1S/C18H19N5O3S/c24-18(13-5-4-10-23-11-12-27(25,26)22-17(13)23)19-9-3-8-16-20-14-6-1-2-7-15(14)21-16/h1-2,4-7,10H,3,8-9,11-12H2,(H,19,24)(H,20,21). The van der Waals surface area contributed by atoms with Crippen molar-refractivity contribution >= 4 is 32.8 Å². The number of rotatable bonds is 5. The number of fused-ring (bicyclic) bond motifs is 2. The summed E-state index contributed by atoms with van der Waals surface area (Å²) in [6.07, 6.45) is 6.45. The van der Waals surface area contributed by atoms with Gasteiger partial charge in [0.05, 0.1) is 22.4 Å². The molecule has 1 aromatic carbocycles. The second-order valence-electron chi connectivity index (χ2n) is 6.38. The molecule has 0 unspecified atom stereocenters. The highest BCUT2D eigenvalue weighted by Crippen LogP contribution is 2.18. The molecule has 2 aromatic rings. The largest absolute Gasteiger partial charge is 0.352 e. The molecule has 1 amide bonds. The Morgan fingerprint density at radius 3 is 3.00 bits per heavy atom. The molecular weight excluding hydrogens is 366 g/mol. The van der Waals surface area contributed by atoms with Crippen LogP contribution in [0.3, 0.4) is 0 Å². The number of hydrogen-bond acceptors (Lipinski definition) is 5. The number of amides is 1. The lowest BCUT2D eigenvalue weighted by Crippen LogP contribution is -2.42. The highest BCUT2D eigenvalue weighted by Gasteiger charge is 2.29. The zero-order valence-corrected chi connectivity index (χ0v) is 15.4. The Morgan fingerprint density at radius 2 is 2.15 bits per heavy atom. The summed E-state index contributed by atoms with van der Waals surface area (Å²) in [4.78, 5) is 21.9. The summed E-state index contributed by atoms with van der Waals surface area (Å²) >= 11 is 0. The zero-order valence-electron chi connectivity index (χ0n) is 14.6. The maximum absolute atomic E-state index is 12.5. The van der Waals surface area contributed by atoms with E-state index >= 15 is 0 Å². The van der Waals surface area contributed by atoms with Crippen LogP contribution in [0.5, 0.6) is 0 Å². The summed E-state index contributed by atoms with van der Waals surface area (Å²) in [7, 11) is -3.51. The van der Waals surface area contributed by atoms with Crippen LogP contribution in [0.15, 0.2) is 52.6 Å². The Balaban J connectivity index is 1.35. The molecule has 27 heavy (non-hydrogen) atoms. The maximum Gasteiger partial charge on any atom is 0.256 e. The summed E-state index contributed by atoms with van der Waals surface area (Å²) < 4.78 is 27.3.